The molecule has 2 aromatic carbocycles. The van der Waals surface area contributed by atoms with E-state index in [2.05, 4.69) is 10.4 Å². The summed E-state index contributed by atoms with van der Waals surface area (Å²) in [5, 5.41) is 7.53. The van der Waals surface area contributed by atoms with Crippen molar-refractivity contribution in [2.45, 2.75) is 38.6 Å². The highest BCUT2D eigenvalue weighted by molar-refractivity contribution is 5.93. The lowest BCUT2D eigenvalue weighted by Crippen LogP contribution is -2.37. The summed E-state index contributed by atoms with van der Waals surface area (Å²) in [5.74, 6) is 0.422. The van der Waals surface area contributed by atoms with Gasteiger partial charge in [0.1, 0.15) is 11.8 Å². The maximum atomic E-state index is 13.2. The third-order valence-corrected chi connectivity index (χ3v) is 5.58. The van der Waals surface area contributed by atoms with Gasteiger partial charge >= 0.3 is 0 Å². The number of rotatable bonds is 5. The lowest BCUT2D eigenvalue weighted by molar-refractivity contribution is -0.119. The highest BCUT2D eigenvalue weighted by Crippen LogP contribution is 2.28. The molecule has 1 N–H and O–H groups in total. The summed E-state index contributed by atoms with van der Waals surface area (Å²) in [6.45, 7) is 1.71. The highest BCUT2D eigenvalue weighted by atomic mass is 16.5. The fourth-order valence-corrected chi connectivity index (χ4v) is 3.88. The van der Waals surface area contributed by atoms with Crippen molar-refractivity contribution in [3.8, 4) is 17.0 Å². The van der Waals surface area contributed by atoms with Crippen molar-refractivity contribution in [3.05, 3.63) is 76.1 Å². The number of nitrogens with zero attached hydrogens (tertiary/aromatic N) is 2. The van der Waals surface area contributed by atoms with E-state index in [1.54, 1.807) is 38.3 Å². The van der Waals surface area contributed by atoms with Gasteiger partial charge in [0.25, 0.3) is 5.56 Å². The molecule has 1 amide bonds. The van der Waals surface area contributed by atoms with Crippen LogP contribution in [0.2, 0.25) is 0 Å². The molecular formula is C24H25N3O3. The number of anilines is 1. The standard InChI is InChI=1S/C24H25N3O3/c1-16(23(28)25-18-12-14-19(30-2)15-13-18)27-24(29)21-11-7-6-10-20(21)22(26-27)17-8-4-3-5-9-17/h3-5,8-9,12-16H,6-7,10-11H2,1-2H3,(H,25,28). The van der Waals surface area contributed by atoms with Gasteiger partial charge in [-0.1, -0.05) is 30.3 Å². The minimum Gasteiger partial charge on any atom is -0.497 e. The lowest BCUT2D eigenvalue weighted by atomic mass is 9.89. The Morgan fingerprint density at radius 1 is 1.03 bits per heavy atom. The SMILES string of the molecule is COc1ccc(NC(=O)C(C)n2nc(-c3ccccc3)c3c(c2=O)CCCC3)cc1. The molecule has 0 saturated carbocycles. The third-order valence-electron chi connectivity index (χ3n) is 5.58. The van der Waals surface area contributed by atoms with E-state index in [1.807, 2.05) is 30.3 Å². The topological polar surface area (TPSA) is 73.2 Å². The van der Waals surface area contributed by atoms with Crippen molar-refractivity contribution in [1.82, 2.24) is 9.78 Å². The zero-order chi connectivity index (χ0) is 21.1. The van der Waals surface area contributed by atoms with Gasteiger partial charge in [0.15, 0.2) is 0 Å². The van der Waals surface area contributed by atoms with E-state index < -0.39 is 6.04 Å². The van der Waals surface area contributed by atoms with Gasteiger partial charge in [-0.15, -0.1) is 0 Å². The van der Waals surface area contributed by atoms with Gasteiger partial charge < -0.3 is 10.1 Å². The van der Waals surface area contributed by atoms with Gasteiger partial charge in [-0.3, -0.25) is 9.59 Å². The van der Waals surface area contributed by atoms with Gasteiger partial charge in [0, 0.05) is 16.8 Å². The van der Waals surface area contributed by atoms with Gasteiger partial charge in [0.05, 0.1) is 12.8 Å². The van der Waals surface area contributed by atoms with Crippen LogP contribution in [0.5, 0.6) is 5.75 Å². The molecule has 0 bridgehead atoms. The van der Waals surface area contributed by atoms with Crippen LogP contribution in [-0.4, -0.2) is 22.8 Å². The van der Waals surface area contributed by atoms with Gasteiger partial charge in [-0.2, -0.15) is 5.10 Å². The summed E-state index contributed by atoms with van der Waals surface area (Å²) in [5.41, 5.74) is 4.06. The van der Waals surface area contributed by atoms with Crippen LogP contribution < -0.4 is 15.6 Å². The summed E-state index contributed by atoms with van der Waals surface area (Å²) >= 11 is 0. The minimum atomic E-state index is -0.741. The number of hydrogen-bond acceptors (Lipinski definition) is 4. The molecule has 4 rings (SSSR count). The van der Waals surface area contributed by atoms with Crippen LogP contribution in [0, 0.1) is 0 Å². The molecule has 1 aliphatic rings. The summed E-state index contributed by atoms with van der Waals surface area (Å²) in [4.78, 5) is 26.1. The summed E-state index contributed by atoms with van der Waals surface area (Å²) in [6.07, 6.45) is 3.59. The Labute approximate surface area is 175 Å². The Kier molecular flexibility index (Phi) is 5.65. The number of nitrogens with one attached hydrogen (secondary N) is 1. The summed E-state index contributed by atoms with van der Waals surface area (Å²) in [7, 11) is 1.59. The molecule has 1 atom stereocenters. The number of amides is 1. The highest BCUT2D eigenvalue weighted by Gasteiger charge is 2.25. The largest absolute Gasteiger partial charge is 0.497 e. The van der Waals surface area contributed by atoms with E-state index >= 15 is 0 Å². The van der Waals surface area contributed by atoms with Crippen LogP contribution >= 0.6 is 0 Å². The fraction of sp³-hybridized carbons (Fsp3) is 0.292. The third kappa shape index (κ3) is 3.85. The molecule has 6 nitrogen and oxygen atoms in total. The number of carbonyl (C=O) groups is 1. The molecule has 154 valence electrons. The Morgan fingerprint density at radius 3 is 2.37 bits per heavy atom. The van der Waals surface area contributed by atoms with Gasteiger partial charge in [0.2, 0.25) is 5.91 Å². The Hall–Kier alpha value is -3.41. The van der Waals surface area contributed by atoms with Crippen molar-refractivity contribution >= 4 is 11.6 Å². The Morgan fingerprint density at radius 2 is 1.70 bits per heavy atom. The van der Waals surface area contributed by atoms with Crippen LogP contribution in [0.1, 0.15) is 36.9 Å². The van der Waals surface area contributed by atoms with Crippen molar-refractivity contribution in [2.24, 2.45) is 0 Å². The van der Waals surface area contributed by atoms with E-state index in [1.165, 1.54) is 4.68 Å². The number of hydrogen-bond donors (Lipinski definition) is 1. The van der Waals surface area contributed by atoms with Crippen LogP contribution in [0.3, 0.4) is 0 Å². The first-order valence-electron chi connectivity index (χ1n) is 10.2. The zero-order valence-corrected chi connectivity index (χ0v) is 17.2. The molecule has 0 spiro atoms. The fourth-order valence-electron chi connectivity index (χ4n) is 3.88. The molecule has 1 aliphatic carbocycles. The molecule has 0 radical (unpaired) electrons. The average molecular weight is 403 g/mol. The van der Waals surface area contributed by atoms with Crippen molar-refractivity contribution in [3.63, 3.8) is 0 Å². The second kappa shape index (κ2) is 8.53. The summed E-state index contributed by atoms with van der Waals surface area (Å²) in [6, 6.07) is 16.2. The Balaban J connectivity index is 1.70. The molecule has 6 heteroatoms. The van der Waals surface area contributed by atoms with Crippen molar-refractivity contribution in [2.75, 3.05) is 12.4 Å². The second-order valence-electron chi connectivity index (χ2n) is 7.52. The zero-order valence-electron chi connectivity index (χ0n) is 17.2. The number of aromatic nitrogens is 2. The van der Waals surface area contributed by atoms with Crippen LogP contribution in [-0.2, 0) is 17.6 Å². The molecule has 3 aromatic rings. The first-order valence-corrected chi connectivity index (χ1v) is 10.2. The molecular weight excluding hydrogens is 378 g/mol. The van der Waals surface area contributed by atoms with E-state index in [0.717, 1.165) is 48.1 Å². The van der Waals surface area contributed by atoms with Crippen molar-refractivity contribution < 1.29 is 9.53 Å². The normalized spacial score (nSPS) is 13.9. The maximum Gasteiger partial charge on any atom is 0.271 e. The number of methoxy groups -OCH3 is 1. The minimum absolute atomic E-state index is 0.165. The summed E-state index contributed by atoms with van der Waals surface area (Å²) < 4.78 is 6.49. The van der Waals surface area contributed by atoms with Crippen LogP contribution in [0.4, 0.5) is 5.69 Å². The number of carbonyl (C=O) groups excluding carboxylic acids is 1. The van der Waals surface area contributed by atoms with Crippen LogP contribution in [0.25, 0.3) is 11.3 Å². The smallest absolute Gasteiger partial charge is 0.271 e. The molecule has 0 aliphatic heterocycles. The van der Waals surface area contributed by atoms with Crippen LogP contribution in [0.15, 0.2) is 59.4 Å². The molecule has 0 fully saturated rings. The number of fused-ring (bicyclic) bond motifs is 1. The predicted molar refractivity (Wildman–Crippen MR) is 117 cm³/mol. The van der Waals surface area contributed by atoms with Crippen molar-refractivity contribution in [1.29, 1.82) is 0 Å². The van der Waals surface area contributed by atoms with E-state index in [-0.39, 0.29) is 11.5 Å². The van der Waals surface area contributed by atoms with Gasteiger partial charge in [-0.25, -0.2) is 4.68 Å². The lowest BCUT2D eigenvalue weighted by Gasteiger charge is -2.22. The van der Waals surface area contributed by atoms with Gasteiger partial charge in [-0.05, 0) is 62.4 Å². The number of benzene rings is 2. The molecule has 0 saturated heterocycles. The van der Waals surface area contributed by atoms with E-state index in [4.69, 9.17) is 4.74 Å². The number of ether oxygens (including phenoxy) is 1. The second-order valence-corrected chi connectivity index (χ2v) is 7.52. The quantitative estimate of drug-likeness (QED) is 0.699. The van der Waals surface area contributed by atoms with E-state index in [0.29, 0.717) is 11.4 Å². The Bertz CT molecular complexity index is 1110. The maximum absolute atomic E-state index is 13.2. The predicted octanol–water partition coefficient (Wildman–Crippen LogP) is 4.00. The first kappa shape index (κ1) is 19.9. The molecule has 1 aromatic heterocycles. The molecule has 30 heavy (non-hydrogen) atoms. The first-order chi connectivity index (χ1) is 14.6. The molecule has 1 unspecified atom stereocenters. The average Bonchev–Trinajstić information content (AvgIpc) is 2.80. The van der Waals surface area contributed by atoms with E-state index in [9.17, 15) is 9.59 Å². The molecule has 1 heterocycles. The monoisotopic (exact) mass is 403 g/mol.